The molecular weight excluding hydrogens is 272 g/mol. The number of hydrogen-bond donors (Lipinski definition) is 2. The molecule has 110 valence electrons. The lowest BCUT2D eigenvalue weighted by molar-refractivity contribution is -0.146. The van der Waals surface area contributed by atoms with Gasteiger partial charge in [0, 0.05) is 6.20 Å². The van der Waals surface area contributed by atoms with Gasteiger partial charge in [-0.05, 0) is 25.0 Å². The smallest absolute Gasteiger partial charge is 0.307 e. The molecule has 1 aliphatic carbocycles. The van der Waals surface area contributed by atoms with Gasteiger partial charge in [-0.3, -0.25) is 14.0 Å². The van der Waals surface area contributed by atoms with Crippen molar-refractivity contribution in [3.63, 3.8) is 0 Å². The van der Waals surface area contributed by atoms with Crippen LogP contribution in [0.4, 0.5) is 0 Å². The first kappa shape index (κ1) is 13.5. The molecule has 1 saturated carbocycles. The Balaban J connectivity index is 1.67. The van der Waals surface area contributed by atoms with Crippen molar-refractivity contribution in [2.24, 2.45) is 11.8 Å². The number of carbonyl (C=O) groups excluding carboxylic acids is 1. The quantitative estimate of drug-likeness (QED) is 0.869. The van der Waals surface area contributed by atoms with Crippen LogP contribution in [0.15, 0.2) is 24.4 Å². The fraction of sp³-hybridized carbons (Fsp3) is 0.429. The average molecular weight is 288 g/mol. The summed E-state index contributed by atoms with van der Waals surface area (Å²) < 4.78 is 1.80. The lowest BCUT2D eigenvalue weighted by atomic mass is 9.95. The summed E-state index contributed by atoms with van der Waals surface area (Å²) in [6, 6.07) is 5.55. The summed E-state index contributed by atoms with van der Waals surface area (Å²) in [4.78, 5) is 23.3. The van der Waals surface area contributed by atoms with Gasteiger partial charge in [0.05, 0.1) is 18.4 Å². The van der Waals surface area contributed by atoms with Crippen LogP contribution in [0.5, 0.6) is 0 Å². The number of carboxylic acids is 1. The first-order valence-corrected chi connectivity index (χ1v) is 6.96. The van der Waals surface area contributed by atoms with E-state index in [-0.39, 0.29) is 12.5 Å². The molecule has 2 N–H and O–H groups in total. The first-order chi connectivity index (χ1) is 10.2. The molecule has 2 aromatic heterocycles. The van der Waals surface area contributed by atoms with Crippen LogP contribution in [0.25, 0.3) is 5.65 Å². The number of aromatic nitrogens is 3. The number of hydrogen-bond acceptors (Lipinski definition) is 4. The second-order valence-corrected chi connectivity index (χ2v) is 5.24. The van der Waals surface area contributed by atoms with E-state index in [0.717, 1.165) is 6.42 Å². The van der Waals surface area contributed by atoms with Crippen LogP contribution in [0, 0.1) is 11.8 Å². The van der Waals surface area contributed by atoms with Crippen LogP contribution in [-0.4, -0.2) is 31.6 Å². The molecule has 2 aromatic rings. The molecule has 0 radical (unpaired) electrons. The summed E-state index contributed by atoms with van der Waals surface area (Å²) in [5.74, 6) is -1.49. The standard InChI is InChI=1S/C14H16N4O3/c19-13(9-4-3-5-10(9)14(20)21)15-8-12-17-16-11-6-1-2-7-18(11)12/h1-2,6-7,9-10H,3-5,8H2,(H,15,19)(H,20,21)/t9-,10+/m1/s1. The van der Waals surface area contributed by atoms with Gasteiger partial charge in [0.1, 0.15) is 0 Å². The maximum Gasteiger partial charge on any atom is 0.307 e. The van der Waals surface area contributed by atoms with E-state index in [1.54, 1.807) is 4.40 Å². The maximum absolute atomic E-state index is 12.2. The van der Waals surface area contributed by atoms with Gasteiger partial charge in [0.2, 0.25) is 5.91 Å². The Bertz CT molecular complexity index is 682. The molecule has 7 heteroatoms. The summed E-state index contributed by atoms with van der Waals surface area (Å²) in [6.07, 6.45) is 3.81. The average Bonchev–Trinajstić information content (AvgIpc) is 3.12. The first-order valence-electron chi connectivity index (χ1n) is 6.96. The Morgan fingerprint density at radius 1 is 1.29 bits per heavy atom. The van der Waals surface area contributed by atoms with Crippen LogP contribution in [0.2, 0.25) is 0 Å². The van der Waals surface area contributed by atoms with Crippen molar-refractivity contribution in [1.82, 2.24) is 19.9 Å². The molecule has 0 bridgehead atoms. The number of fused-ring (bicyclic) bond motifs is 1. The number of amides is 1. The highest BCUT2D eigenvalue weighted by Gasteiger charge is 2.37. The number of carbonyl (C=O) groups is 2. The largest absolute Gasteiger partial charge is 0.481 e. The van der Waals surface area contributed by atoms with Gasteiger partial charge < -0.3 is 10.4 Å². The molecule has 0 spiro atoms. The van der Waals surface area contributed by atoms with Crippen molar-refractivity contribution in [3.8, 4) is 0 Å². The predicted octanol–water partition coefficient (Wildman–Crippen LogP) is 0.846. The Morgan fingerprint density at radius 2 is 2.10 bits per heavy atom. The maximum atomic E-state index is 12.2. The van der Waals surface area contributed by atoms with E-state index in [9.17, 15) is 9.59 Å². The third kappa shape index (κ3) is 2.58. The molecule has 0 saturated heterocycles. The second-order valence-electron chi connectivity index (χ2n) is 5.24. The van der Waals surface area contributed by atoms with Crippen molar-refractivity contribution in [1.29, 1.82) is 0 Å². The van der Waals surface area contributed by atoms with Crippen LogP contribution in [-0.2, 0) is 16.1 Å². The molecule has 0 unspecified atom stereocenters. The summed E-state index contributed by atoms with van der Waals surface area (Å²) in [6.45, 7) is 0.243. The number of nitrogens with zero attached hydrogens (tertiary/aromatic N) is 3. The highest BCUT2D eigenvalue weighted by molar-refractivity contribution is 5.85. The second kappa shape index (κ2) is 5.51. The van der Waals surface area contributed by atoms with Gasteiger partial charge in [-0.1, -0.05) is 12.5 Å². The summed E-state index contributed by atoms with van der Waals surface area (Å²) in [7, 11) is 0. The minimum atomic E-state index is -0.888. The van der Waals surface area contributed by atoms with Crippen LogP contribution in [0.3, 0.4) is 0 Å². The van der Waals surface area contributed by atoms with Gasteiger partial charge in [-0.15, -0.1) is 10.2 Å². The minimum absolute atomic E-state index is 0.215. The normalized spacial score (nSPS) is 21.5. The molecule has 2 heterocycles. The molecule has 0 aliphatic heterocycles. The highest BCUT2D eigenvalue weighted by atomic mass is 16.4. The molecule has 7 nitrogen and oxygen atoms in total. The lowest BCUT2D eigenvalue weighted by Gasteiger charge is -2.15. The summed E-state index contributed by atoms with van der Waals surface area (Å²) in [5, 5.41) is 19.9. The van der Waals surface area contributed by atoms with E-state index < -0.39 is 17.8 Å². The molecule has 3 rings (SSSR count). The number of carboxylic acid groups (broad SMARTS) is 1. The summed E-state index contributed by atoms with van der Waals surface area (Å²) in [5.41, 5.74) is 0.714. The van der Waals surface area contributed by atoms with Crippen LogP contribution in [0.1, 0.15) is 25.1 Å². The SMILES string of the molecule is O=C(O)[C@H]1CCC[C@H]1C(=O)NCc1nnc2ccccn12. The van der Waals surface area contributed by atoms with E-state index in [0.29, 0.717) is 24.3 Å². The van der Waals surface area contributed by atoms with Crippen LogP contribution < -0.4 is 5.32 Å². The highest BCUT2D eigenvalue weighted by Crippen LogP contribution is 2.32. The van der Waals surface area contributed by atoms with E-state index in [2.05, 4.69) is 15.5 Å². The Labute approximate surface area is 121 Å². The lowest BCUT2D eigenvalue weighted by Crippen LogP contribution is -2.35. The number of pyridine rings is 1. The van der Waals surface area contributed by atoms with E-state index in [4.69, 9.17) is 5.11 Å². The van der Waals surface area contributed by atoms with E-state index in [1.165, 1.54) is 0 Å². The monoisotopic (exact) mass is 288 g/mol. The Kier molecular flexibility index (Phi) is 3.55. The Morgan fingerprint density at radius 3 is 2.90 bits per heavy atom. The van der Waals surface area contributed by atoms with Gasteiger partial charge in [-0.2, -0.15) is 0 Å². The molecule has 21 heavy (non-hydrogen) atoms. The molecule has 1 fully saturated rings. The van der Waals surface area contributed by atoms with Crippen molar-refractivity contribution in [2.45, 2.75) is 25.8 Å². The predicted molar refractivity (Wildman–Crippen MR) is 73.3 cm³/mol. The van der Waals surface area contributed by atoms with Crippen LogP contribution >= 0.6 is 0 Å². The molecular formula is C14H16N4O3. The number of aliphatic carboxylic acids is 1. The zero-order valence-corrected chi connectivity index (χ0v) is 11.4. The molecule has 1 amide bonds. The zero-order chi connectivity index (χ0) is 14.8. The van der Waals surface area contributed by atoms with Crippen molar-refractivity contribution >= 4 is 17.5 Å². The topological polar surface area (TPSA) is 96.6 Å². The number of rotatable bonds is 4. The molecule has 2 atom stereocenters. The van der Waals surface area contributed by atoms with Crippen molar-refractivity contribution in [3.05, 3.63) is 30.2 Å². The molecule has 0 aromatic carbocycles. The van der Waals surface area contributed by atoms with Crippen molar-refractivity contribution < 1.29 is 14.7 Å². The van der Waals surface area contributed by atoms with Crippen molar-refractivity contribution in [2.75, 3.05) is 0 Å². The third-order valence-corrected chi connectivity index (χ3v) is 3.97. The fourth-order valence-electron chi connectivity index (χ4n) is 2.88. The van der Waals surface area contributed by atoms with Gasteiger partial charge >= 0.3 is 5.97 Å². The zero-order valence-electron chi connectivity index (χ0n) is 11.4. The summed E-state index contributed by atoms with van der Waals surface area (Å²) >= 11 is 0. The van der Waals surface area contributed by atoms with Gasteiger partial charge in [-0.25, -0.2) is 0 Å². The number of nitrogens with one attached hydrogen (secondary N) is 1. The van der Waals surface area contributed by atoms with E-state index in [1.807, 2.05) is 24.4 Å². The Hall–Kier alpha value is -2.44. The minimum Gasteiger partial charge on any atom is -0.481 e. The fourth-order valence-corrected chi connectivity index (χ4v) is 2.88. The van der Waals surface area contributed by atoms with E-state index >= 15 is 0 Å². The third-order valence-electron chi connectivity index (χ3n) is 3.97. The molecule has 1 aliphatic rings. The van der Waals surface area contributed by atoms with Gasteiger partial charge in [0.25, 0.3) is 0 Å². The van der Waals surface area contributed by atoms with Gasteiger partial charge in [0.15, 0.2) is 11.5 Å².